The molecule has 5 nitrogen and oxygen atoms in total. The predicted octanol–water partition coefficient (Wildman–Crippen LogP) is 2.28. The highest BCUT2D eigenvalue weighted by Gasteiger charge is 2.38. The van der Waals surface area contributed by atoms with Gasteiger partial charge in [-0.2, -0.15) is 5.26 Å². The lowest BCUT2D eigenvalue weighted by Gasteiger charge is -2.34. The van der Waals surface area contributed by atoms with Gasteiger partial charge in [0.2, 0.25) is 0 Å². The first kappa shape index (κ1) is 16.0. The van der Waals surface area contributed by atoms with Gasteiger partial charge < -0.3 is 15.6 Å². The van der Waals surface area contributed by atoms with Crippen LogP contribution in [0, 0.1) is 17.2 Å². The van der Waals surface area contributed by atoms with Gasteiger partial charge in [0.05, 0.1) is 17.7 Å². The van der Waals surface area contributed by atoms with Crippen molar-refractivity contribution in [2.75, 3.05) is 0 Å². The van der Waals surface area contributed by atoms with Gasteiger partial charge in [-0.15, -0.1) is 0 Å². The largest absolute Gasteiger partial charge is 0.436 e. The fourth-order valence-electron chi connectivity index (χ4n) is 2.08. The molecule has 0 aromatic heterocycles. The van der Waals surface area contributed by atoms with E-state index in [1.165, 1.54) is 0 Å². The van der Waals surface area contributed by atoms with Gasteiger partial charge in [0.1, 0.15) is 0 Å². The van der Waals surface area contributed by atoms with Gasteiger partial charge in [0.25, 0.3) is 0 Å². The molecule has 0 saturated heterocycles. The Kier molecular flexibility index (Phi) is 5.12. The first-order valence-corrected chi connectivity index (χ1v) is 6.46. The summed E-state index contributed by atoms with van der Waals surface area (Å²) in [5, 5.41) is 19.2. The molecule has 0 spiro atoms. The van der Waals surface area contributed by atoms with Gasteiger partial charge in [-0.25, -0.2) is 4.79 Å². The SMILES string of the molecule is CC(C)C[C@H](O)[C@](C)(OC(N)=O)c1ccc(C#N)cc1. The molecule has 2 atom stereocenters. The minimum absolute atomic E-state index is 0.235. The van der Waals surface area contributed by atoms with Crippen molar-refractivity contribution in [2.45, 2.75) is 38.9 Å². The molecule has 108 valence electrons. The topological polar surface area (TPSA) is 96.3 Å². The molecule has 3 N–H and O–H groups in total. The third-order valence-corrected chi connectivity index (χ3v) is 3.23. The summed E-state index contributed by atoms with van der Waals surface area (Å²) in [6.07, 6.45) is -1.37. The number of benzene rings is 1. The summed E-state index contributed by atoms with van der Waals surface area (Å²) < 4.78 is 5.17. The van der Waals surface area contributed by atoms with Crippen molar-refractivity contribution in [3.63, 3.8) is 0 Å². The van der Waals surface area contributed by atoms with Crippen LogP contribution in [0.4, 0.5) is 4.79 Å². The summed E-state index contributed by atoms with van der Waals surface area (Å²) in [6, 6.07) is 8.55. The number of nitriles is 1. The number of primary amides is 1. The number of aliphatic hydroxyl groups is 1. The van der Waals surface area contributed by atoms with E-state index in [1.54, 1.807) is 31.2 Å². The Morgan fingerprint density at radius 3 is 2.40 bits per heavy atom. The van der Waals surface area contributed by atoms with Crippen LogP contribution in [0.2, 0.25) is 0 Å². The van der Waals surface area contributed by atoms with E-state index in [4.69, 9.17) is 15.7 Å². The van der Waals surface area contributed by atoms with Crippen LogP contribution in [0.15, 0.2) is 24.3 Å². The van der Waals surface area contributed by atoms with Crippen molar-refractivity contribution in [3.8, 4) is 6.07 Å². The molecule has 0 aliphatic rings. The molecule has 0 unspecified atom stereocenters. The minimum atomic E-state index is -1.23. The number of carbonyl (C=O) groups excluding carboxylic acids is 1. The van der Waals surface area contributed by atoms with Crippen molar-refractivity contribution in [2.24, 2.45) is 11.7 Å². The molecular weight excluding hydrogens is 256 g/mol. The van der Waals surface area contributed by atoms with Crippen molar-refractivity contribution in [1.29, 1.82) is 5.26 Å². The third-order valence-electron chi connectivity index (χ3n) is 3.23. The number of aliphatic hydroxyl groups excluding tert-OH is 1. The normalized spacial score (nSPS) is 15.2. The number of nitrogens with zero attached hydrogens (tertiary/aromatic N) is 1. The van der Waals surface area contributed by atoms with Crippen LogP contribution < -0.4 is 5.73 Å². The quantitative estimate of drug-likeness (QED) is 0.862. The molecule has 0 heterocycles. The highest BCUT2D eigenvalue weighted by molar-refractivity contribution is 5.65. The zero-order valence-corrected chi connectivity index (χ0v) is 12.0. The van der Waals surface area contributed by atoms with Gasteiger partial charge in [0, 0.05) is 0 Å². The second-order valence-corrected chi connectivity index (χ2v) is 5.36. The van der Waals surface area contributed by atoms with Crippen LogP contribution in [-0.4, -0.2) is 17.3 Å². The van der Waals surface area contributed by atoms with E-state index in [2.05, 4.69) is 0 Å². The average Bonchev–Trinajstić information content (AvgIpc) is 2.37. The van der Waals surface area contributed by atoms with Gasteiger partial charge in [0.15, 0.2) is 5.60 Å². The Bertz CT molecular complexity index is 505. The van der Waals surface area contributed by atoms with Crippen LogP contribution >= 0.6 is 0 Å². The number of nitrogens with two attached hydrogens (primary N) is 1. The lowest BCUT2D eigenvalue weighted by molar-refractivity contribution is -0.0796. The summed E-state index contributed by atoms with van der Waals surface area (Å²) in [7, 11) is 0. The lowest BCUT2D eigenvalue weighted by atomic mass is 9.85. The molecule has 0 bridgehead atoms. The maximum Gasteiger partial charge on any atom is 0.405 e. The van der Waals surface area contributed by atoms with Gasteiger partial charge in [-0.3, -0.25) is 0 Å². The first-order chi connectivity index (χ1) is 9.29. The fraction of sp³-hybridized carbons (Fsp3) is 0.467. The number of hydrogen-bond acceptors (Lipinski definition) is 4. The Morgan fingerprint density at radius 1 is 1.45 bits per heavy atom. The van der Waals surface area contributed by atoms with Crippen molar-refractivity contribution >= 4 is 6.09 Å². The zero-order valence-electron chi connectivity index (χ0n) is 12.0. The van der Waals surface area contributed by atoms with Gasteiger partial charge in [-0.1, -0.05) is 26.0 Å². The Labute approximate surface area is 119 Å². The number of rotatable bonds is 5. The second kappa shape index (κ2) is 6.40. The summed E-state index contributed by atoms with van der Waals surface area (Å²) in [4.78, 5) is 11.1. The molecule has 1 rings (SSSR count). The van der Waals surface area contributed by atoms with Crippen LogP contribution in [0.1, 0.15) is 38.3 Å². The molecule has 0 aliphatic carbocycles. The van der Waals surface area contributed by atoms with Crippen molar-refractivity contribution in [3.05, 3.63) is 35.4 Å². The Morgan fingerprint density at radius 2 is 2.00 bits per heavy atom. The Hall–Kier alpha value is -2.06. The molecule has 0 aliphatic heterocycles. The average molecular weight is 276 g/mol. The number of carbonyl (C=O) groups is 1. The lowest BCUT2D eigenvalue weighted by Crippen LogP contribution is -2.43. The number of hydrogen-bond donors (Lipinski definition) is 2. The zero-order chi connectivity index (χ0) is 15.3. The van der Waals surface area contributed by atoms with Crippen LogP contribution in [0.3, 0.4) is 0 Å². The molecule has 0 fully saturated rings. The monoisotopic (exact) mass is 276 g/mol. The van der Waals surface area contributed by atoms with Crippen LogP contribution in [0.5, 0.6) is 0 Å². The van der Waals surface area contributed by atoms with E-state index in [1.807, 2.05) is 19.9 Å². The summed E-state index contributed by atoms with van der Waals surface area (Å²) in [6.45, 7) is 5.55. The second-order valence-electron chi connectivity index (χ2n) is 5.36. The highest BCUT2D eigenvalue weighted by atomic mass is 16.6. The van der Waals surface area contributed by atoms with Crippen molar-refractivity contribution in [1.82, 2.24) is 0 Å². The molecule has 1 aromatic rings. The molecule has 0 radical (unpaired) electrons. The number of ether oxygens (including phenoxy) is 1. The smallest absolute Gasteiger partial charge is 0.405 e. The van der Waals surface area contributed by atoms with E-state index in [0.717, 1.165) is 0 Å². The minimum Gasteiger partial charge on any atom is -0.436 e. The first-order valence-electron chi connectivity index (χ1n) is 6.46. The molecular formula is C15H20N2O3. The van der Waals surface area contributed by atoms with E-state index >= 15 is 0 Å². The fourth-order valence-corrected chi connectivity index (χ4v) is 2.08. The molecule has 1 aromatic carbocycles. The van der Waals surface area contributed by atoms with E-state index in [0.29, 0.717) is 17.5 Å². The van der Waals surface area contributed by atoms with Crippen LogP contribution in [-0.2, 0) is 10.3 Å². The van der Waals surface area contributed by atoms with Crippen LogP contribution in [0.25, 0.3) is 0 Å². The third kappa shape index (κ3) is 3.72. The molecule has 20 heavy (non-hydrogen) atoms. The predicted molar refractivity (Wildman–Crippen MR) is 74.6 cm³/mol. The molecule has 0 saturated carbocycles. The maximum atomic E-state index is 11.1. The maximum absolute atomic E-state index is 11.1. The molecule has 1 amide bonds. The number of amides is 1. The van der Waals surface area contributed by atoms with E-state index in [-0.39, 0.29) is 5.92 Å². The van der Waals surface area contributed by atoms with Gasteiger partial charge >= 0.3 is 6.09 Å². The summed E-state index contributed by atoms with van der Waals surface area (Å²) >= 11 is 0. The van der Waals surface area contributed by atoms with E-state index in [9.17, 15) is 9.90 Å². The summed E-state index contributed by atoms with van der Waals surface area (Å²) in [5.41, 5.74) is 4.98. The standard InChI is InChI=1S/C15H20N2O3/c1-10(2)8-13(18)15(3,20-14(17)19)12-6-4-11(9-16)5-7-12/h4-7,10,13,18H,8H2,1-3H3,(H2,17,19)/t13-,15+/m0/s1. The summed E-state index contributed by atoms with van der Waals surface area (Å²) in [5.74, 6) is 0.235. The molecule has 5 heteroatoms. The highest BCUT2D eigenvalue weighted by Crippen LogP contribution is 2.32. The van der Waals surface area contributed by atoms with Gasteiger partial charge in [-0.05, 0) is 37.0 Å². The Balaban J connectivity index is 3.15. The van der Waals surface area contributed by atoms with Crippen molar-refractivity contribution < 1.29 is 14.6 Å². The van der Waals surface area contributed by atoms with E-state index < -0.39 is 17.8 Å².